The van der Waals surface area contributed by atoms with Gasteiger partial charge in [0.25, 0.3) is 0 Å². The van der Waals surface area contributed by atoms with Gasteiger partial charge in [0, 0.05) is 15.6 Å². The maximum atomic E-state index is 12.0. The van der Waals surface area contributed by atoms with Gasteiger partial charge in [0.2, 0.25) is 5.78 Å². The van der Waals surface area contributed by atoms with Crippen LogP contribution in [0.25, 0.3) is 0 Å². The third-order valence-electron chi connectivity index (χ3n) is 2.73. The Labute approximate surface area is 132 Å². The summed E-state index contributed by atoms with van der Waals surface area (Å²) in [5.74, 6) is 0.350. The Kier molecular flexibility index (Phi) is 4.92. The Balaban J connectivity index is 2.08. The first-order valence-corrected chi connectivity index (χ1v) is 6.98. The fourth-order valence-electron chi connectivity index (χ4n) is 1.64. The number of aryl methyl sites for hydroxylation is 1. The van der Waals surface area contributed by atoms with Crippen LogP contribution >= 0.6 is 34.8 Å². The zero-order chi connectivity index (χ0) is 14.7. The van der Waals surface area contributed by atoms with Gasteiger partial charge in [-0.2, -0.15) is 0 Å². The Morgan fingerprint density at radius 3 is 2.45 bits per heavy atom. The first-order chi connectivity index (χ1) is 9.47. The summed E-state index contributed by atoms with van der Waals surface area (Å²) >= 11 is 17.7. The van der Waals surface area contributed by atoms with Gasteiger partial charge >= 0.3 is 0 Å². The number of hydrogen-bond acceptors (Lipinski definition) is 2. The highest BCUT2D eigenvalue weighted by atomic mass is 35.5. The third-order valence-corrected chi connectivity index (χ3v) is 3.72. The van der Waals surface area contributed by atoms with E-state index in [1.54, 1.807) is 30.3 Å². The van der Waals surface area contributed by atoms with E-state index in [0.717, 1.165) is 5.56 Å². The number of ether oxygens (including phenoxy) is 1. The van der Waals surface area contributed by atoms with Crippen LogP contribution in [0, 0.1) is 6.92 Å². The Morgan fingerprint density at radius 2 is 1.75 bits per heavy atom. The van der Waals surface area contributed by atoms with Gasteiger partial charge in [-0.1, -0.05) is 34.8 Å². The van der Waals surface area contributed by atoms with Crippen molar-refractivity contribution >= 4 is 40.6 Å². The van der Waals surface area contributed by atoms with Crippen LogP contribution in [0.1, 0.15) is 15.9 Å². The average Bonchev–Trinajstić information content (AvgIpc) is 2.42. The van der Waals surface area contributed by atoms with Crippen molar-refractivity contribution in [3.8, 4) is 5.75 Å². The molecule has 0 N–H and O–H groups in total. The van der Waals surface area contributed by atoms with Crippen molar-refractivity contribution < 1.29 is 9.53 Å². The van der Waals surface area contributed by atoms with Crippen LogP contribution in [0.15, 0.2) is 36.4 Å². The first-order valence-electron chi connectivity index (χ1n) is 5.84. The molecule has 0 saturated carbocycles. The molecule has 0 radical (unpaired) electrons. The Bertz CT molecular complexity index is 654. The predicted molar refractivity (Wildman–Crippen MR) is 82.5 cm³/mol. The largest absolute Gasteiger partial charge is 0.485 e. The normalized spacial score (nSPS) is 10.4. The van der Waals surface area contributed by atoms with Crippen LogP contribution in [0.3, 0.4) is 0 Å². The summed E-state index contributed by atoms with van der Waals surface area (Å²) in [4.78, 5) is 12.0. The second-order valence-electron chi connectivity index (χ2n) is 4.25. The lowest BCUT2D eigenvalue weighted by Gasteiger charge is -2.08. The van der Waals surface area contributed by atoms with Gasteiger partial charge in [0.1, 0.15) is 5.75 Å². The van der Waals surface area contributed by atoms with Crippen LogP contribution < -0.4 is 4.74 Å². The summed E-state index contributed by atoms with van der Waals surface area (Å²) in [5, 5.41) is 1.47. The molecule has 0 saturated heterocycles. The van der Waals surface area contributed by atoms with E-state index in [9.17, 15) is 4.79 Å². The molecule has 2 aromatic carbocycles. The Morgan fingerprint density at radius 1 is 1.05 bits per heavy atom. The van der Waals surface area contributed by atoms with Crippen LogP contribution in [0.2, 0.25) is 15.1 Å². The highest BCUT2D eigenvalue weighted by Gasteiger charge is 2.12. The van der Waals surface area contributed by atoms with Crippen LogP contribution in [-0.4, -0.2) is 12.4 Å². The van der Waals surface area contributed by atoms with E-state index in [4.69, 9.17) is 39.5 Å². The standard InChI is InChI=1S/C15H11Cl3O2/c1-9-6-11(3-5-13(9)17)20-8-15(19)12-7-10(16)2-4-14(12)18/h2-7H,8H2,1H3. The summed E-state index contributed by atoms with van der Waals surface area (Å²) in [6.45, 7) is 1.76. The smallest absolute Gasteiger partial charge is 0.201 e. The van der Waals surface area contributed by atoms with Crippen molar-refractivity contribution in [2.75, 3.05) is 6.61 Å². The number of benzene rings is 2. The SMILES string of the molecule is Cc1cc(OCC(=O)c2cc(Cl)ccc2Cl)ccc1Cl. The van der Waals surface area contributed by atoms with Crippen molar-refractivity contribution in [2.24, 2.45) is 0 Å². The van der Waals surface area contributed by atoms with Crippen molar-refractivity contribution in [2.45, 2.75) is 6.92 Å². The van der Waals surface area contributed by atoms with Gasteiger partial charge in [0.05, 0.1) is 5.02 Å². The Hall–Kier alpha value is -1.22. The average molecular weight is 330 g/mol. The molecule has 2 rings (SSSR count). The number of carbonyl (C=O) groups is 1. The molecule has 104 valence electrons. The van der Waals surface area contributed by atoms with E-state index in [-0.39, 0.29) is 12.4 Å². The zero-order valence-electron chi connectivity index (χ0n) is 10.6. The molecule has 2 aromatic rings. The maximum Gasteiger partial charge on any atom is 0.201 e. The monoisotopic (exact) mass is 328 g/mol. The molecule has 0 spiro atoms. The number of halogens is 3. The lowest BCUT2D eigenvalue weighted by atomic mass is 10.1. The second kappa shape index (κ2) is 6.49. The molecule has 0 aromatic heterocycles. The number of hydrogen-bond donors (Lipinski definition) is 0. The molecule has 0 heterocycles. The molecule has 0 amide bonds. The topological polar surface area (TPSA) is 26.3 Å². The van der Waals surface area contributed by atoms with Gasteiger partial charge in [0.15, 0.2) is 6.61 Å². The molecule has 0 aliphatic rings. The minimum Gasteiger partial charge on any atom is -0.485 e. The van der Waals surface area contributed by atoms with Gasteiger partial charge in [-0.3, -0.25) is 4.79 Å². The van der Waals surface area contributed by atoms with Crippen LogP contribution in [0.4, 0.5) is 0 Å². The summed E-state index contributed by atoms with van der Waals surface area (Å²) < 4.78 is 5.44. The molecular weight excluding hydrogens is 319 g/mol. The van der Waals surface area contributed by atoms with Crippen molar-refractivity contribution in [3.05, 3.63) is 62.6 Å². The molecule has 0 atom stereocenters. The molecule has 20 heavy (non-hydrogen) atoms. The quantitative estimate of drug-likeness (QED) is 0.719. The lowest BCUT2D eigenvalue weighted by molar-refractivity contribution is 0.0921. The fraction of sp³-hybridized carbons (Fsp3) is 0.133. The highest BCUT2D eigenvalue weighted by molar-refractivity contribution is 6.36. The number of Topliss-reactive ketones (excluding diaryl/α,β-unsaturated/α-hetero) is 1. The minimum absolute atomic E-state index is 0.110. The zero-order valence-corrected chi connectivity index (χ0v) is 12.9. The lowest BCUT2D eigenvalue weighted by Crippen LogP contribution is -2.12. The fourth-order valence-corrected chi connectivity index (χ4v) is 2.16. The molecule has 0 aliphatic heterocycles. The van der Waals surface area contributed by atoms with Crippen LogP contribution in [0.5, 0.6) is 5.75 Å². The van der Waals surface area contributed by atoms with E-state index in [1.165, 1.54) is 6.07 Å². The van der Waals surface area contributed by atoms with Gasteiger partial charge in [-0.05, 0) is 48.9 Å². The van der Waals surface area contributed by atoms with E-state index in [0.29, 0.717) is 26.4 Å². The van der Waals surface area contributed by atoms with E-state index < -0.39 is 0 Å². The number of ketones is 1. The van der Waals surface area contributed by atoms with E-state index in [1.807, 2.05) is 6.92 Å². The molecule has 0 unspecified atom stereocenters. The van der Waals surface area contributed by atoms with Crippen LogP contribution in [-0.2, 0) is 0 Å². The van der Waals surface area contributed by atoms with Gasteiger partial charge < -0.3 is 4.74 Å². The van der Waals surface area contributed by atoms with E-state index in [2.05, 4.69) is 0 Å². The molecule has 0 aliphatic carbocycles. The summed E-state index contributed by atoms with van der Waals surface area (Å²) in [6.07, 6.45) is 0. The third kappa shape index (κ3) is 3.66. The van der Waals surface area contributed by atoms with Crippen molar-refractivity contribution in [1.29, 1.82) is 0 Å². The van der Waals surface area contributed by atoms with Gasteiger partial charge in [-0.25, -0.2) is 0 Å². The van der Waals surface area contributed by atoms with Crippen molar-refractivity contribution in [3.63, 3.8) is 0 Å². The molecular formula is C15H11Cl3O2. The molecule has 2 nitrogen and oxygen atoms in total. The minimum atomic E-state index is -0.231. The number of rotatable bonds is 4. The number of carbonyl (C=O) groups excluding carboxylic acids is 1. The van der Waals surface area contributed by atoms with E-state index >= 15 is 0 Å². The molecule has 0 fully saturated rings. The molecule has 5 heteroatoms. The van der Waals surface area contributed by atoms with Gasteiger partial charge in [-0.15, -0.1) is 0 Å². The molecule has 0 bridgehead atoms. The van der Waals surface area contributed by atoms with Crippen molar-refractivity contribution in [1.82, 2.24) is 0 Å². The summed E-state index contributed by atoms with van der Waals surface area (Å²) in [5.41, 5.74) is 1.24. The summed E-state index contributed by atoms with van der Waals surface area (Å²) in [7, 11) is 0. The second-order valence-corrected chi connectivity index (χ2v) is 5.50. The maximum absolute atomic E-state index is 12.0. The first kappa shape index (κ1) is 15.2. The predicted octanol–water partition coefficient (Wildman–Crippen LogP) is 5.22. The highest BCUT2D eigenvalue weighted by Crippen LogP contribution is 2.23. The summed E-state index contributed by atoms with van der Waals surface area (Å²) in [6, 6.07) is 9.96.